The molecular weight excluding hydrogens is 899 g/mol. The van der Waals surface area contributed by atoms with Gasteiger partial charge in [-0.05, 0) is 74.0 Å². The fourth-order valence-corrected chi connectivity index (χ4v) is 7.60. The fraction of sp³-hybridized carbons (Fsp3) is 0.280. The topological polar surface area (TPSA) is 163 Å². The number of methoxy groups -OCH3 is 2. The Balaban J connectivity index is 0.000000206. The van der Waals surface area contributed by atoms with Gasteiger partial charge in [0.25, 0.3) is 5.91 Å². The van der Waals surface area contributed by atoms with Crippen molar-refractivity contribution < 1.29 is 46.1 Å². The molecule has 69 heavy (non-hydrogen) atoms. The zero-order valence-electron chi connectivity index (χ0n) is 38.7. The molecule has 0 aliphatic carbocycles. The number of ketones is 1. The minimum atomic E-state index is -4.74. The Kier molecular flexibility index (Phi) is 16.0. The van der Waals surface area contributed by atoms with Crippen molar-refractivity contribution in [3.63, 3.8) is 0 Å². The number of pyridine rings is 2. The molecule has 2 aliphatic heterocycles. The number of nitrogens with zero attached hydrogens (tertiary/aromatic N) is 4. The first kappa shape index (κ1) is 49.3. The van der Waals surface area contributed by atoms with Gasteiger partial charge in [0.2, 0.25) is 0 Å². The van der Waals surface area contributed by atoms with Crippen LogP contribution in [-0.4, -0.2) is 95.5 Å². The molecule has 6 aromatic rings. The van der Waals surface area contributed by atoms with Gasteiger partial charge in [-0.25, -0.2) is 14.4 Å². The van der Waals surface area contributed by atoms with Crippen LogP contribution in [0.5, 0.6) is 11.5 Å². The molecule has 362 valence electrons. The number of amides is 1. The standard InChI is InChI=1S/C25H25F4N5O3.C25H28N4O3/c1-30-24(35)17-11-15(26)3-5-19(17)32-21-13-23(31-14-18(21)25(27,28)29)33-20-6-4-16(12-22(20)36-2)34-7-9-37-10-8-34;1-17-16-26-25(15-23(17)27-21-7-5-4-6-20(21)18(2)30)28-22-9-8-19(14-24(22)31-3)29-10-12-32-13-11-29/h3-6,11-14H,7-10H2,1-2H3,(H,30,35)(H2,31,32,33);4-9,14-16H,10-13H2,1-3H3,(H2,26,27,28). The fourth-order valence-electron chi connectivity index (χ4n) is 7.60. The number of aryl methyl sites for hydroxylation is 1. The number of hydrogen-bond acceptors (Lipinski definition) is 14. The number of ether oxygens (including phenoxy) is 4. The molecule has 0 atom stereocenters. The Morgan fingerprint density at radius 2 is 1.13 bits per heavy atom. The summed E-state index contributed by atoms with van der Waals surface area (Å²) in [5.41, 5.74) is 5.04. The second-order valence-electron chi connectivity index (χ2n) is 15.8. The van der Waals surface area contributed by atoms with Crippen LogP contribution < -0.4 is 45.9 Å². The first-order valence-corrected chi connectivity index (χ1v) is 22.0. The van der Waals surface area contributed by atoms with E-state index < -0.39 is 23.5 Å². The van der Waals surface area contributed by atoms with Crippen molar-refractivity contribution in [2.45, 2.75) is 20.0 Å². The molecule has 0 spiro atoms. The van der Waals surface area contributed by atoms with Gasteiger partial charge in [-0.1, -0.05) is 12.1 Å². The molecule has 2 aliphatic rings. The predicted molar refractivity (Wildman–Crippen MR) is 260 cm³/mol. The molecule has 19 heteroatoms. The highest BCUT2D eigenvalue weighted by Gasteiger charge is 2.35. The van der Waals surface area contributed by atoms with Crippen LogP contribution in [-0.2, 0) is 15.7 Å². The summed E-state index contributed by atoms with van der Waals surface area (Å²) in [5.74, 6) is 0.641. The molecular formula is C50H53F4N9O6. The summed E-state index contributed by atoms with van der Waals surface area (Å²) in [7, 11) is 4.49. The maximum atomic E-state index is 13.8. The highest BCUT2D eigenvalue weighted by molar-refractivity contribution is 6.01. The highest BCUT2D eigenvalue weighted by Crippen LogP contribution is 2.39. The number of rotatable bonds is 14. The molecule has 0 bridgehead atoms. The summed E-state index contributed by atoms with van der Waals surface area (Å²) < 4.78 is 77.0. The Bertz CT molecular complexity index is 2770. The smallest absolute Gasteiger partial charge is 0.419 e. The number of carbonyl (C=O) groups excluding carboxylic acids is 2. The van der Waals surface area contributed by atoms with E-state index in [-0.39, 0.29) is 28.5 Å². The van der Waals surface area contributed by atoms with Gasteiger partial charge in [0.1, 0.15) is 29.0 Å². The van der Waals surface area contributed by atoms with Crippen LogP contribution in [0.15, 0.2) is 103 Å². The number of hydrogen-bond donors (Lipinski definition) is 5. The normalized spacial score (nSPS) is 13.6. The Morgan fingerprint density at radius 1 is 0.623 bits per heavy atom. The molecule has 8 rings (SSSR count). The molecule has 0 unspecified atom stereocenters. The van der Waals surface area contributed by atoms with E-state index in [0.29, 0.717) is 42.2 Å². The van der Waals surface area contributed by atoms with Gasteiger partial charge in [-0.15, -0.1) is 0 Å². The number of aromatic nitrogens is 2. The minimum Gasteiger partial charge on any atom is -0.494 e. The zero-order chi connectivity index (χ0) is 49.1. The number of morpholine rings is 2. The number of anilines is 10. The minimum absolute atomic E-state index is 0.00385. The monoisotopic (exact) mass is 951 g/mol. The van der Waals surface area contributed by atoms with Gasteiger partial charge in [0, 0.05) is 98.2 Å². The first-order valence-electron chi connectivity index (χ1n) is 22.0. The molecule has 2 saturated heterocycles. The van der Waals surface area contributed by atoms with Crippen LogP contribution in [0, 0.1) is 12.7 Å². The lowest BCUT2D eigenvalue weighted by Crippen LogP contribution is -2.36. The summed E-state index contributed by atoms with van der Waals surface area (Å²) in [4.78, 5) is 37.0. The van der Waals surface area contributed by atoms with E-state index in [2.05, 4.69) is 52.4 Å². The van der Waals surface area contributed by atoms with Gasteiger partial charge < -0.3 is 55.3 Å². The molecule has 0 saturated carbocycles. The maximum Gasteiger partial charge on any atom is 0.419 e. The second kappa shape index (κ2) is 22.4. The van der Waals surface area contributed by atoms with Crippen molar-refractivity contribution in [2.24, 2.45) is 0 Å². The average Bonchev–Trinajstić information content (AvgIpc) is 3.36. The van der Waals surface area contributed by atoms with E-state index in [1.54, 1.807) is 26.3 Å². The molecule has 1 amide bonds. The Hall–Kier alpha value is -7.64. The van der Waals surface area contributed by atoms with Gasteiger partial charge >= 0.3 is 6.18 Å². The number of carbonyl (C=O) groups is 2. The van der Waals surface area contributed by atoms with E-state index in [9.17, 15) is 27.2 Å². The summed E-state index contributed by atoms with van der Waals surface area (Å²) in [5, 5.41) is 14.7. The molecule has 2 fully saturated rings. The number of halogens is 4. The number of benzene rings is 4. The average molecular weight is 952 g/mol. The maximum absolute atomic E-state index is 13.8. The summed E-state index contributed by atoms with van der Waals surface area (Å²) in [6, 6.07) is 25.3. The molecule has 2 aromatic heterocycles. The van der Waals surface area contributed by atoms with E-state index in [0.717, 1.165) is 97.3 Å². The third-order valence-electron chi connectivity index (χ3n) is 11.3. The quantitative estimate of drug-likeness (QED) is 0.0518. The van der Waals surface area contributed by atoms with E-state index in [1.165, 1.54) is 20.2 Å². The molecule has 0 radical (unpaired) electrons. The van der Waals surface area contributed by atoms with Crippen LogP contribution >= 0.6 is 0 Å². The van der Waals surface area contributed by atoms with Crippen LogP contribution in [0.3, 0.4) is 0 Å². The van der Waals surface area contributed by atoms with Crippen molar-refractivity contribution in [2.75, 3.05) is 105 Å². The summed E-state index contributed by atoms with van der Waals surface area (Å²) >= 11 is 0. The zero-order valence-corrected chi connectivity index (χ0v) is 38.7. The molecule has 15 nitrogen and oxygen atoms in total. The van der Waals surface area contributed by atoms with Crippen LogP contribution in [0.2, 0.25) is 0 Å². The third kappa shape index (κ3) is 12.5. The number of alkyl halides is 3. The summed E-state index contributed by atoms with van der Waals surface area (Å²) in [6.45, 7) is 9.44. The van der Waals surface area contributed by atoms with E-state index >= 15 is 0 Å². The van der Waals surface area contributed by atoms with Crippen molar-refractivity contribution in [1.29, 1.82) is 0 Å². The van der Waals surface area contributed by atoms with Crippen molar-refractivity contribution >= 4 is 68.8 Å². The highest BCUT2D eigenvalue weighted by atomic mass is 19.4. The lowest BCUT2D eigenvalue weighted by molar-refractivity contribution is -0.137. The van der Waals surface area contributed by atoms with Gasteiger partial charge in [-0.3, -0.25) is 9.59 Å². The molecule has 4 aromatic carbocycles. The van der Waals surface area contributed by atoms with Crippen LogP contribution in [0.4, 0.5) is 74.7 Å². The van der Waals surface area contributed by atoms with E-state index in [4.69, 9.17) is 18.9 Å². The van der Waals surface area contributed by atoms with Gasteiger partial charge in [-0.2, -0.15) is 13.2 Å². The largest absolute Gasteiger partial charge is 0.494 e. The number of nitrogens with one attached hydrogen (secondary N) is 5. The van der Waals surface area contributed by atoms with Gasteiger partial charge in [0.05, 0.1) is 74.5 Å². The van der Waals surface area contributed by atoms with Crippen LogP contribution in [0.25, 0.3) is 0 Å². The predicted octanol–water partition coefficient (Wildman–Crippen LogP) is 9.86. The van der Waals surface area contributed by atoms with Crippen LogP contribution in [0.1, 0.15) is 38.8 Å². The van der Waals surface area contributed by atoms with Crippen molar-refractivity contribution in [3.05, 3.63) is 131 Å². The van der Waals surface area contributed by atoms with Gasteiger partial charge in [0.15, 0.2) is 5.78 Å². The Labute approximate surface area is 397 Å². The molecule has 4 heterocycles. The lowest BCUT2D eigenvalue weighted by Gasteiger charge is -2.29. The van der Waals surface area contributed by atoms with Crippen molar-refractivity contribution in [1.82, 2.24) is 15.3 Å². The first-order chi connectivity index (χ1) is 33.2. The Morgan fingerprint density at radius 3 is 1.67 bits per heavy atom. The SMILES string of the molecule is CNC(=O)c1cc(F)ccc1Nc1cc(Nc2ccc(N3CCOCC3)cc2OC)ncc1C(F)(F)F.COc1cc(N2CCOCC2)ccc1Nc1cc(Nc2ccccc2C(C)=O)c(C)cn1. The second-order valence-corrected chi connectivity index (χ2v) is 15.8. The summed E-state index contributed by atoms with van der Waals surface area (Å²) in [6.07, 6.45) is -2.25. The number of Topliss-reactive ketones (excluding diaryl/α,β-unsaturated/α-hetero) is 1. The molecule has 5 N–H and O–H groups in total. The lowest BCUT2D eigenvalue weighted by atomic mass is 10.1. The number of para-hydroxylation sites is 1. The van der Waals surface area contributed by atoms with Crippen molar-refractivity contribution in [3.8, 4) is 11.5 Å². The third-order valence-corrected chi connectivity index (χ3v) is 11.3. The van der Waals surface area contributed by atoms with E-state index in [1.807, 2.05) is 61.5 Å².